The Morgan fingerprint density at radius 3 is 2.40 bits per heavy atom. The molecule has 40 heavy (non-hydrogen) atoms. The minimum atomic E-state index is -0.295. The van der Waals surface area contributed by atoms with Gasteiger partial charge in [0.1, 0.15) is 29.3 Å². The van der Waals surface area contributed by atoms with E-state index in [1.165, 1.54) is 22.4 Å². The van der Waals surface area contributed by atoms with Gasteiger partial charge in [0.15, 0.2) is 11.6 Å². The van der Waals surface area contributed by atoms with Crippen LogP contribution in [-0.4, -0.2) is 61.1 Å². The van der Waals surface area contributed by atoms with Gasteiger partial charge < -0.3 is 36.7 Å². The van der Waals surface area contributed by atoms with Crippen LogP contribution in [0.2, 0.25) is 0 Å². The smallest absolute Gasteiger partial charge is 0.320 e. The van der Waals surface area contributed by atoms with Gasteiger partial charge in [0.2, 0.25) is 0 Å². The molecule has 5 heterocycles. The number of hydrogen-bond donors (Lipinski definition) is 4. The van der Waals surface area contributed by atoms with Gasteiger partial charge in [-0.05, 0) is 50.2 Å². The summed E-state index contributed by atoms with van der Waals surface area (Å²) in [6.07, 6.45) is 8.72. The summed E-state index contributed by atoms with van der Waals surface area (Å²) in [7, 11) is 0. The van der Waals surface area contributed by atoms with Gasteiger partial charge in [-0.3, -0.25) is 0 Å². The normalized spacial score (nSPS) is 25.2. The van der Waals surface area contributed by atoms with Gasteiger partial charge in [0.25, 0.3) is 0 Å². The summed E-state index contributed by atoms with van der Waals surface area (Å²) < 4.78 is 6.22. The molecule has 0 radical (unpaired) electrons. The van der Waals surface area contributed by atoms with Crippen LogP contribution in [0.3, 0.4) is 0 Å². The quantitative estimate of drug-likeness (QED) is 0.370. The van der Waals surface area contributed by atoms with E-state index >= 15 is 0 Å². The van der Waals surface area contributed by atoms with Crippen LogP contribution in [0.25, 0.3) is 0 Å². The number of nitrogens with one attached hydrogen (secondary N) is 2. The molecule has 2 unspecified atom stereocenters. The van der Waals surface area contributed by atoms with Crippen molar-refractivity contribution in [2.45, 2.75) is 56.0 Å². The van der Waals surface area contributed by atoms with Crippen molar-refractivity contribution in [3.63, 3.8) is 0 Å². The molecule has 7 rings (SSSR count). The van der Waals surface area contributed by atoms with Gasteiger partial charge in [-0.1, -0.05) is 0 Å². The van der Waals surface area contributed by atoms with Gasteiger partial charge in [-0.25, -0.2) is 0 Å². The Balaban J connectivity index is 1.22. The third kappa shape index (κ3) is 3.81. The summed E-state index contributed by atoms with van der Waals surface area (Å²) in [4.78, 5) is 15.2. The average Bonchev–Trinajstić information content (AvgIpc) is 3.40. The number of fused-ring (bicyclic) bond motifs is 4. The first-order chi connectivity index (χ1) is 19.4. The maximum atomic E-state index is 10.4. The minimum absolute atomic E-state index is 0.147. The van der Waals surface area contributed by atoms with E-state index in [-0.39, 0.29) is 16.8 Å². The molecular weight excluding hydrogens is 524 g/mol. The highest BCUT2D eigenvalue weighted by molar-refractivity contribution is 7.16. The standard InChI is InChI=1S/C28H32N10OS/c29-8-4-21(32)27(6-7-27)15-39-26-35-24(37-11-16-1-2-17(12-37)34-16)19(10-31)25(36-26)38-13-28(14-38)5-3-20-22(28)18(9-30)23(33)40-20/h4,8,16-17,29,34H,1-3,5-7,11-15,32-33H2/b21-4-,29-8?. The molecule has 0 amide bonds. The maximum absolute atomic E-state index is 10.4. The van der Waals surface area contributed by atoms with Crippen molar-refractivity contribution in [3.8, 4) is 18.1 Å². The Morgan fingerprint density at radius 2 is 1.77 bits per heavy atom. The number of rotatable bonds is 7. The summed E-state index contributed by atoms with van der Waals surface area (Å²) in [5, 5.41) is 31.8. The summed E-state index contributed by atoms with van der Waals surface area (Å²) in [6, 6.07) is 5.76. The Labute approximate surface area is 236 Å². The number of thiophene rings is 1. The molecule has 11 nitrogen and oxygen atoms in total. The monoisotopic (exact) mass is 556 g/mol. The molecule has 3 saturated heterocycles. The van der Waals surface area contributed by atoms with Crippen LogP contribution in [0.4, 0.5) is 16.6 Å². The lowest BCUT2D eigenvalue weighted by atomic mass is 9.74. The fourth-order valence-corrected chi connectivity index (χ4v) is 8.26. The molecule has 12 heteroatoms. The minimum Gasteiger partial charge on any atom is -0.462 e. The van der Waals surface area contributed by atoms with Crippen LogP contribution in [0.5, 0.6) is 6.01 Å². The van der Waals surface area contributed by atoms with Crippen molar-refractivity contribution in [3.05, 3.63) is 33.3 Å². The van der Waals surface area contributed by atoms with Crippen molar-refractivity contribution >= 4 is 34.2 Å². The number of nitriles is 2. The first kappa shape index (κ1) is 25.1. The van der Waals surface area contributed by atoms with E-state index in [1.807, 2.05) is 0 Å². The lowest BCUT2D eigenvalue weighted by Crippen LogP contribution is -2.59. The topological polar surface area (TPSA) is 177 Å². The number of allylic oxidation sites excluding steroid dienone is 1. The van der Waals surface area contributed by atoms with Crippen molar-refractivity contribution in [1.29, 1.82) is 15.9 Å². The summed E-state index contributed by atoms with van der Waals surface area (Å²) in [6.45, 7) is 3.23. The Bertz CT molecular complexity index is 1490. The first-order valence-electron chi connectivity index (χ1n) is 13.9. The first-order valence-corrected chi connectivity index (χ1v) is 14.7. The van der Waals surface area contributed by atoms with Gasteiger partial charge in [0, 0.05) is 65.9 Å². The molecular formula is C28H32N10OS. The molecule has 2 bridgehead atoms. The lowest BCUT2D eigenvalue weighted by Gasteiger charge is -2.49. The molecule has 6 N–H and O–H groups in total. The van der Waals surface area contributed by atoms with E-state index < -0.39 is 0 Å². The second-order valence-corrected chi connectivity index (χ2v) is 13.1. The molecule has 1 spiro atoms. The average molecular weight is 557 g/mol. The molecule has 2 aromatic heterocycles. The molecule has 1 saturated carbocycles. The number of piperazine rings is 1. The van der Waals surface area contributed by atoms with Crippen LogP contribution >= 0.6 is 11.3 Å². The molecule has 5 aliphatic rings. The molecule has 2 aliphatic carbocycles. The second kappa shape index (κ2) is 9.08. The van der Waals surface area contributed by atoms with Crippen LogP contribution in [-0.2, 0) is 11.8 Å². The number of anilines is 3. The number of nitrogen functional groups attached to an aromatic ring is 1. The number of aromatic nitrogens is 2. The zero-order valence-corrected chi connectivity index (χ0v) is 23.1. The number of hydrogen-bond acceptors (Lipinski definition) is 12. The van der Waals surface area contributed by atoms with Crippen LogP contribution in [0.1, 0.15) is 53.7 Å². The van der Waals surface area contributed by atoms with Gasteiger partial charge >= 0.3 is 6.01 Å². The van der Waals surface area contributed by atoms with Gasteiger partial charge in [-0.2, -0.15) is 20.5 Å². The summed E-state index contributed by atoms with van der Waals surface area (Å²) in [5.41, 5.74) is 14.8. The van der Waals surface area contributed by atoms with E-state index in [2.05, 4.69) is 27.3 Å². The van der Waals surface area contributed by atoms with E-state index in [4.69, 9.17) is 31.6 Å². The summed E-state index contributed by atoms with van der Waals surface area (Å²) in [5.74, 6) is 1.21. The SMILES string of the molecule is N#Cc1c(N2CC3CCC(C2)N3)nc(OCC2(/C(N)=C/C=N)CC2)nc1N1CC2(CCc3sc(N)c(C#N)c32)C1. The largest absolute Gasteiger partial charge is 0.462 e. The maximum Gasteiger partial charge on any atom is 0.320 e. The number of aryl methyl sites for hydroxylation is 1. The zero-order chi connectivity index (χ0) is 27.6. The molecule has 2 atom stereocenters. The number of nitrogens with two attached hydrogens (primary N) is 2. The highest BCUT2D eigenvalue weighted by atomic mass is 32.1. The molecule has 2 aromatic rings. The molecule has 4 fully saturated rings. The molecule has 3 aliphatic heterocycles. The number of ether oxygens (including phenoxy) is 1. The van der Waals surface area contributed by atoms with Crippen molar-refractivity contribution < 1.29 is 4.74 Å². The molecule has 0 aromatic carbocycles. The van der Waals surface area contributed by atoms with Crippen molar-refractivity contribution in [2.24, 2.45) is 11.1 Å². The zero-order valence-electron chi connectivity index (χ0n) is 22.2. The van der Waals surface area contributed by atoms with E-state index in [0.717, 1.165) is 57.2 Å². The van der Waals surface area contributed by atoms with E-state index in [1.54, 1.807) is 6.08 Å². The van der Waals surface area contributed by atoms with E-state index in [9.17, 15) is 10.5 Å². The molecule has 206 valence electrons. The number of nitrogens with zero attached hydrogens (tertiary/aromatic N) is 6. The highest BCUT2D eigenvalue weighted by Crippen LogP contribution is 2.53. The lowest BCUT2D eigenvalue weighted by molar-refractivity contribution is 0.236. The van der Waals surface area contributed by atoms with Crippen LogP contribution in [0.15, 0.2) is 11.8 Å². The predicted molar refractivity (Wildman–Crippen MR) is 153 cm³/mol. The van der Waals surface area contributed by atoms with Crippen molar-refractivity contribution in [1.82, 2.24) is 15.3 Å². The fraction of sp³-hybridized carbons (Fsp3) is 0.536. The van der Waals surface area contributed by atoms with Crippen LogP contribution < -0.4 is 31.3 Å². The predicted octanol–water partition coefficient (Wildman–Crippen LogP) is 2.16. The third-order valence-electron chi connectivity index (χ3n) is 9.45. The third-order valence-corrected chi connectivity index (χ3v) is 10.5. The Hall–Kier alpha value is -3.87. The second-order valence-electron chi connectivity index (χ2n) is 11.9. The Morgan fingerprint density at radius 1 is 1.10 bits per heavy atom. The Kier molecular flexibility index (Phi) is 5.70. The summed E-state index contributed by atoms with van der Waals surface area (Å²) >= 11 is 1.53. The van der Waals surface area contributed by atoms with Gasteiger partial charge in [-0.15, -0.1) is 11.3 Å². The van der Waals surface area contributed by atoms with Crippen LogP contribution in [0, 0.1) is 33.5 Å². The highest BCUT2D eigenvalue weighted by Gasteiger charge is 2.52. The van der Waals surface area contributed by atoms with Gasteiger partial charge in [0.05, 0.1) is 5.56 Å². The van der Waals surface area contributed by atoms with Crippen molar-refractivity contribution in [2.75, 3.05) is 48.3 Å². The van der Waals surface area contributed by atoms with E-state index in [0.29, 0.717) is 65.2 Å². The fourth-order valence-electron chi connectivity index (χ4n) is 7.12.